The second-order valence-corrected chi connectivity index (χ2v) is 11.6. The summed E-state index contributed by atoms with van der Waals surface area (Å²) in [5.41, 5.74) is 2.62. The Labute approximate surface area is 218 Å². The van der Waals surface area contributed by atoms with Gasteiger partial charge in [-0.2, -0.15) is 0 Å². The Morgan fingerprint density at radius 1 is 1.13 bits per heavy atom. The van der Waals surface area contributed by atoms with E-state index < -0.39 is 21.6 Å². The number of carbonyl (C=O) groups excluding carboxylic acids is 1. The molecule has 0 spiro atoms. The molecule has 194 valence electrons. The third kappa shape index (κ3) is 4.82. The van der Waals surface area contributed by atoms with E-state index in [-0.39, 0.29) is 23.1 Å². The summed E-state index contributed by atoms with van der Waals surface area (Å²) < 4.78 is 43.2. The van der Waals surface area contributed by atoms with Crippen LogP contribution in [0.2, 0.25) is 0 Å². The van der Waals surface area contributed by atoms with Crippen LogP contribution in [0.3, 0.4) is 0 Å². The molecule has 2 saturated heterocycles. The van der Waals surface area contributed by atoms with E-state index in [1.165, 1.54) is 0 Å². The number of ether oxygens (including phenoxy) is 1. The molecule has 11 heteroatoms. The van der Waals surface area contributed by atoms with Crippen molar-refractivity contribution >= 4 is 32.5 Å². The average molecular weight is 534 g/mol. The Kier molecular flexibility index (Phi) is 6.04. The highest BCUT2D eigenvalue weighted by Gasteiger charge is 2.39. The third-order valence-electron chi connectivity index (χ3n) is 6.81. The highest BCUT2D eigenvalue weighted by molar-refractivity contribution is 7.90. The fourth-order valence-corrected chi connectivity index (χ4v) is 5.55. The molecule has 2 aliphatic heterocycles. The monoisotopic (exact) mass is 533 g/mol. The number of fused-ring (bicyclic) bond motifs is 3. The zero-order chi connectivity index (χ0) is 26.4. The van der Waals surface area contributed by atoms with Crippen LogP contribution in [-0.2, 0) is 21.1 Å². The maximum absolute atomic E-state index is 13.9. The van der Waals surface area contributed by atoms with E-state index in [0.717, 1.165) is 60.9 Å². The number of halogens is 1. The molecule has 3 aromatic heterocycles. The summed E-state index contributed by atoms with van der Waals surface area (Å²) in [4.78, 5) is 28.7. The van der Waals surface area contributed by atoms with Crippen LogP contribution < -0.4 is 10.2 Å². The molecule has 4 aromatic rings. The van der Waals surface area contributed by atoms with Gasteiger partial charge in [0.2, 0.25) is 0 Å². The van der Waals surface area contributed by atoms with Crippen molar-refractivity contribution in [1.29, 1.82) is 0 Å². The van der Waals surface area contributed by atoms with Crippen molar-refractivity contribution in [3.8, 4) is 11.4 Å². The highest BCUT2D eigenvalue weighted by Crippen LogP contribution is 2.32. The van der Waals surface area contributed by atoms with Crippen LogP contribution in [0.15, 0.2) is 65.7 Å². The van der Waals surface area contributed by atoms with Gasteiger partial charge in [-0.15, -0.1) is 0 Å². The van der Waals surface area contributed by atoms with Crippen molar-refractivity contribution in [2.45, 2.75) is 30.0 Å². The number of morpholine rings is 1. The van der Waals surface area contributed by atoms with Gasteiger partial charge in [-0.05, 0) is 55.0 Å². The number of amides is 1. The van der Waals surface area contributed by atoms with Crippen molar-refractivity contribution < 1.29 is 22.3 Å². The van der Waals surface area contributed by atoms with Crippen molar-refractivity contribution in [2.75, 3.05) is 24.3 Å². The Morgan fingerprint density at radius 2 is 1.97 bits per heavy atom. The zero-order valence-corrected chi connectivity index (χ0v) is 21.3. The van der Waals surface area contributed by atoms with Crippen LogP contribution >= 0.6 is 0 Å². The first-order valence-corrected chi connectivity index (χ1v) is 14.0. The molecular weight excluding hydrogens is 509 g/mol. The summed E-state index contributed by atoms with van der Waals surface area (Å²) in [6.07, 6.45) is 3.94. The van der Waals surface area contributed by atoms with Gasteiger partial charge in [-0.25, -0.2) is 22.8 Å². The summed E-state index contributed by atoms with van der Waals surface area (Å²) in [7, 11) is -3.66. The minimum absolute atomic E-state index is 0.0543. The Balaban J connectivity index is 1.21. The second kappa shape index (κ2) is 9.41. The molecule has 0 saturated carbocycles. The van der Waals surface area contributed by atoms with E-state index in [9.17, 15) is 17.6 Å². The first-order valence-electron chi connectivity index (χ1n) is 12.1. The van der Waals surface area contributed by atoms with E-state index in [2.05, 4.69) is 15.2 Å². The van der Waals surface area contributed by atoms with Gasteiger partial charge in [0.25, 0.3) is 5.91 Å². The third-order valence-corrected chi connectivity index (χ3v) is 7.91. The molecule has 2 bridgehead atoms. The van der Waals surface area contributed by atoms with E-state index in [1.54, 1.807) is 12.3 Å². The molecule has 1 N–H and O–H groups in total. The van der Waals surface area contributed by atoms with Crippen LogP contribution in [0, 0.1) is 5.82 Å². The van der Waals surface area contributed by atoms with E-state index in [0.29, 0.717) is 22.9 Å². The molecule has 6 rings (SSSR count). The number of sulfone groups is 1. The zero-order valence-electron chi connectivity index (χ0n) is 20.5. The summed E-state index contributed by atoms with van der Waals surface area (Å²) in [5, 5.41) is 3.50. The number of hydrogen-bond acceptors (Lipinski definition) is 8. The van der Waals surface area contributed by atoms with Crippen molar-refractivity contribution in [1.82, 2.24) is 20.3 Å². The Morgan fingerprint density at radius 3 is 2.74 bits per heavy atom. The van der Waals surface area contributed by atoms with Gasteiger partial charge in [-0.1, -0.05) is 6.07 Å². The minimum Gasteiger partial charge on any atom is -0.374 e. The molecule has 1 amide bonds. The maximum atomic E-state index is 13.9. The maximum Gasteiger partial charge on any atom is 0.251 e. The summed E-state index contributed by atoms with van der Waals surface area (Å²) in [6, 6.07) is 14.9. The van der Waals surface area contributed by atoms with Gasteiger partial charge >= 0.3 is 0 Å². The second-order valence-electron chi connectivity index (χ2n) is 9.57. The standard InChI is InChI=1S/C27H24FN5O4S/c1-38(35,36)22-8-17(7-18(28)9-22)27(34)30-13-19-10-25-16(12-29-19)5-6-24(31-25)23-3-2-4-26(32-23)33-14-21-11-20(33)15-37-21/h2-10,12,20-21H,11,13-15H2,1H3,(H,30,34). The first-order chi connectivity index (χ1) is 18.2. The molecule has 9 nitrogen and oxygen atoms in total. The predicted molar refractivity (Wildman–Crippen MR) is 139 cm³/mol. The first kappa shape index (κ1) is 24.4. The molecular formula is C27H24FN5O4S. The number of anilines is 1. The molecule has 38 heavy (non-hydrogen) atoms. The van der Waals surface area contributed by atoms with Crippen LogP contribution in [-0.4, -0.2) is 60.8 Å². The largest absolute Gasteiger partial charge is 0.374 e. The summed E-state index contributed by atoms with van der Waals surface area (Å²) >= 11 is 0. The smallest absolute Gasteiger partial charge is 0.251 e. The lowest BCUT2D eigenvalue weighted by Gasteiger charge is -2.28. The minimum atomic E-state index is -3.66. The number of rotatable bonds is 6. The number of benzene rings is 1. The highest BCUT2D eigenvalue weighted by atomic mass is 32.2. The molecule has 2 unspecified atom stereocenters. The van der Waals surface area contributed by atoms with Gasteiger partial charge in [0, 0.05) is 29.9 Å². The molecule has 2 fully saturated rings. The predicted octanol–water partition coefficient (Wildman–Crippen LogP) is 3.14. The van der Waals surface area contributed by atoms with Gasteiger partial charge in [0.1, 0.15) is 11.6 Å². The lowest BCUT2D eigenvalue weighted by atomic mass is 10.1. The van der Waals surface area contributed by atoms with Gasteiger partial charge in [0.05, 0.1) is 52.8 Å². The number of nitrogens with zero attached hydrogens (tertiary/aromatic N) is 4. The van der Waals surface area contributed by atoms with Crippen molar-refractivity contribution in [3.05, 3.63) is 77.9 Å². The molecule has 1 aromatic carbocycles. The van der Waals surface area contributed by atoms with Gasteiger partial charge in [-0.3, -0.25) is 9.78 Å². The Bertz CT molecular complexity index is 1680. The Hall–Kier alpha value is -3.96. The van der Waals surface area contributed by atoms with Crippen molar-refractivity contribution in [2.24, 2.45) is 0 Å². The normalized spacial score (nSPS) is 18.7. The fraction of sp³-hybridized carbons (Fsp3) is 0.259. The quantitative estimate of drug-likeness (QED) is 0.402. The number of carbonyl (C=O) groups is 1. The lowest BCUT2D eigenvalue weighted by Crippen LogP contribution is -2.37. The van der Waals surface area contributed by atoms with Crippen LogP contribution in [0.25, 0.3) is 22.3 Å². The van der Waals surface area contributed by atoms with Crippen LogP contribution in [0.4, 0.5) is 10.2 Å². The van der Waals surface area contributed by atoms with Crippen LogP contribution in [0.1, 0.15) is 22.5 Å². The van der Waals surface area contributed by atoms with Crippen LogP contribution in [0.5, 0.6) is 0 Å². The van der Waals surface area contributed by atoms with E-state index >= 15 is 0 Å². The number of pyridine rings is 3. The molecule has 5 heterocycles. The molecule has 2 atom stereocenters. The molecule has 2 aliphatic rings. The van der Waals surface area contributed by atoms with Gasteiger partial charge in [0.15, 0.2) is 9.84 Å². The summed E-state index contributed by atoms with van der Waals surface area (Å²) in [6.45, 7) is 1.63. The number of hydrogen-bond donors (Lipinski definition) is 1. The van der Waals surface area contributed by atoms with E-state index in [4.69, 9.17) is 14.7 Å². The van der Waals surface area contributed by atoms with E-state index in [1.807, 2.05) is 30.3 Å². The topological polar surface area (TPSA) is 114 Å². The lowest BCUT2D eigenvalue weighted by molar-refractivity contribution is 0.0949. The number of nitrogens with one attached hydrogen (secondary N) is 1. The summed E-state index contributed by atoms with van der Waals surface area (Å²) in [5.74, 6) is -0.503. The average Bonchev–Trinajstić information content (AvgIpc) is 3.55. The van der Waals surface area contributed by atoms with Crippen molar-refractivity contribution in [3.63, 3.8) is 0 Å². The SMILES string of the molecule is CS(=O)(=O)c1cc(F)cc(C(=O)NCc2cc3nc(-c4cccc(N5CC6CC5CO6)n4)ccc3cn2)c1. The molecule has 0 radical (unpaired) electrons. The number of aromatic nitrogens is 3. The van der Waals surface area contributed by atoms with Gasteiger partial charge < -0.3 is 15.0 Å². The molecule has 0 aliphatic carbocycles. The fourth-order valence-electron chi connectivity index (χ4n) is 4.88.